The number of rotatable bonds is 10. The van der Waals surface area contributed by atoms with Crippen LogP contribution in [0.25, 0.3) is 0 Å². The lowest BCUT2D eigenvalue weighted by molar-refractivity contribution is -0.385. The maximum Gasteiger partial charge on any atom is 0.311 e. The molecule has 0 radical (unpaired) electrons. The van der Waals surface area contributed by atoms with E-state index in [1.165, 1.54) is 25.3 Å². The van der Waals surface area contributed by atoms with Gasteiger partial charge >= 0.3 is 11.7 Å². The number of methoxy groups -OCH3 is 1. The molecule has 0 aromatic heterocycles. The standard InChI is InChI=1S/C15H20N2O7/c1-3-4-10(15(19)20)8-16-14(18)9-24-11-5-6-12(17(21)22)13(7-11)23-2/h5-7,10H,3-4,8-9H2,1-2H3,(H,16,18)(H,19,20). The van der Waals surface area contributed by atoms with Crippen LogP contribution in [-0.4, -0.2) is 42.2 Å². The average molecular weight is 340 g/mol. The van der Waals surface area contributed by atoms with Crippen LogP contribution in [0.15, 0.2) is 18.2 Å². The highest BCUT2D eigenvalue weighted by Crippen LogP contribution is 2.30. The van der Waals surface area contributed by atoms with Gasteiger partial charge in [0, 0.05) is 18.7 Å². The number of hydrogen-bond donors (Lipinski definition) is 2. The third-order valence-corrected chi connectivity index (χ3v) is 3.25. The molecule has 0 aliphatic carbocycles. The summed E-state index contributed by atoms with van der Waals surface area (Å²) in [5, 5.41) is 22.3. The molecule has 0 aliphatic rings. The molecule has 132 valence electrons. The predicted octanol–water partition coefficient (Wildman–Crippen LogP) is 1.60. The summed E-state index contributed by atoms with van der Waals surface area (Å²) in [6.45, 7) is 1.55. The molecular formula is C15H20N2O7. The third kappa shape index (κ3) is 5.75. The van der Waals surface area contributed by atoms with Crippen LogP contribution in [0, 0.1) is 16.0 Å². The first-order chi connectivity index (χ1) is 11.4. The smallest absolute Gasteiger partial charge is 0.311 e. The highest BCUT2D eigenvalue weighted by atomic mass is 16.6. The molecule has 2 N–H and O–H groups in total. The summed E-state index contributed by atoms with van der Waals surface area (Å²) in [7, 11) is 1.29. The number of amides is 1. The predicted molar refractivity (Wildman–Crippen MR) is 84.2 cm³/mol. The quantitative estimate of drug-likeness (QED) is 0.489. The fourth-order valence-corrected chi connectivity index (χ4v) is 2.00. The van der Waals surface area contributed by atoms with Gasteiger partial charge in [0.05, 0.1) is 18.0 Å². The number of hydrogen-bond acceptors (Lipinski definition) is 6. The van der Waals surface area contributed by atoms with Gasteiger partial charge in [-0.3, -0.25) is 19.7 Å². The van der Waals surface area contributed by atoms with Crippen LogP contribution in [0.2, 0.25) is 0 Å². The summed E-state index contributed by atoms with van der Waals surface area (Å²) in [4.78, 5) is 32.9. The van der Waals surface area contributed by atoms with Crippen molar-refractivity contribution in [3.8, 4) is 11.5 Å². The summed E-state index contributed by atoms with van der Waals surface area (Å²) in [5.74, 6) is -1.82. The third-order valence-electron chi connectivity index (χ3n) is 3.25. The van der Waals surface area contributed by atoms with Gasteiger partial charge in [-0.25, -0.2) is 0 Å². The van der Waals surface area contributed by atoms with Crippen LogP contribution < -0.4 is 14.8 Å². The van der Waals surface area contributed by atoms with Crippen LogP contribution in [0.5, 0.6) is 11.5 Å². The first-order valence-corrected chi connectivity index (χ1v) is 7.33. The number of nitrogens with zero attached hydrogens (tertiary/aromatic N) is 1. The normalized spacial score (nSPS) is 11.4. The molecule has 0 heterocycles. The molecule has 0 aliphatic heterocycles. The fourth-order valence-electron chi connectivity index (χ4n) is 2.00. The molecule has 1 amide bonds. The van der Waals surface area contributed by atoms with E-state index in [0.717, 1.165) is 0 Å². The molecule has 0 spiro atoms. The van der Waals surface area contributed by atoms with Crippen molar-refractivity contribution in [3.05, 3.63) is 28.3 Å². The second kappa shape index (κ2) is 9.33. The number of carbonyl (C=O) groups excluding carboxylic acids is 1. The van der Waals surface area contributed by atoms with Crippen LogP contribution >= 0.6 is 0 Å². The lowest BCUT2D eigenvalue weighted by Gasteiger charge is -2.13. The van der Waals surface area contributed by atoms with Crippen molar-refractivity contribution in [3.63, 3.8) is 0 Å². The van der Waals surface area contributed by atoms with Crippen LogP contribution in [-0.2, 0) is 9.59 Å². The van der Waals surface area contributed by atoms with Gasteiger partial charge in [-0.05, 0) is 12.5 Å². The Labute approximate surface area is 138 Å². The number of nitrogens with one attached hydrogen (secondary N) is 1. The molecule has 24 heavy (non-hydrogen) atoms. The Kier molecular flexibility index (Phi) is 7.47. The van der Waals surface area contributed by atoms with E-state index in [1.54, 1.807) is 0 Å². The zero-order valence-corrected chi connectivity index (χ0v) is 13.5. The summed E-state index contributed by atoms with van der Waals surface area (Å²) in [6.07, 6.45) is 1.17. The first-order valence-electron chi connectivity index (χ1n) is 7.33. The van der Waals surface area contributed by atoms with E-state index in [0.29, 0.717) is 12.8 Å². The molecule has 1 atom stereocenters. The molecule has 1 aromatic rings. The second-order valence-corrected chi connectivity index (χ2v) is 5.01. The number of ether oxygens (including phenoxy) is 2. The lowest BCUT2D eigenvalue weighted by atomic mass is 10.0. The van der Waals surface area contributed by atoms with Gasteiger partial charge in [0.2, 0.25) is 5.75 Å². The minimum atomic E-state index is -0.960. The summed E-state index contributed by atoms with van der Waals surface area (Å²) >= 11 is 0. The molecule has 1 aromatic carbocycles. The van der Waals surface area contributed by atoms with Crippen molar-refractivity contribution in [1.29, 1.82) is 0 Å². The van der Waals surface area contributed by atoms with Gasteiger partial charge in [-0.1, -0.05) is 13.3 Å². The van der Waals surface area contributed by atoms with Crippen molar-refractivity contribution in [1.82, 2.24) is 5.32 Å². The Morgan fingerprint density at radius 2 is 2.12 bits per heavy atom. The highest BCUT2D eigenvalue weighted by molar-refractivity contribution is 5.78. The molecular weight excluding hydrogens is 320 g/mol. The largest absolute Gasteiger partial charge is 0.490 e. The number of carboxylic acids is 1. The maximum atomic E-state index is 11.7. The minimum absolute atomic E-state index is 0.0202. The molecule has 0 fully saturated rings. The number of nitro groups is 1. The summed E-state index contributed by atoms with van der Waals surface area (Å²) in [6, 6.07) is 3.88. The Hall–Kier alpha value is -2.84. The number of nitro benzene ring substituents is 1. The molecule has 0 saturated carbocycles. The Morgan fingerprint density at radius 1 is 1.42 bits per heavy atom. The van der Waals surface area contributed by atoms with E-state index in [9.17, 15) is 19.7 Å². The van der Waals surface area contributed by atoms with E-state index in [2.05, 4.69) is 5.32 Å². The number of benzene rings is 1. The average Bonchev–Trinajstić information content (AvgIpc) is 2.55. The van der Waals surface area contributed by atoms with Crippen molar-refractivity contribution < 1.29 is 29.1 Å². The van der Waals surface area contributed by atoms with E-state index in [1.807, 2.05) is 6.92 Å². The Morgan fingerprint density at radius 3 is 2.67 bits per heavy atom. The van der Waals surface area contributed by atoms with Gasteiger partial charge < -0.3 is 19.9 Å². The minimum Gasteiger partial charge on any atom is -0.490 e. The molecule has 9 heteroatoms. The summed E-state index contributed by atoms with van der Waals surface area (Å²) in [5.41, 5.74) is -0.210. The van der Waals surface area contributed by atoms with E-state index < -0.39 is 22.7 Å². The Balaban J connectivity index is 2.55. The van der Waals surface area contributed by atoms with Gasteiger partial charge in [0.25, 0.3) is 5.91 Å². The van der Waals surface area contributed by atoms with Crippen molar-refractivity contribution in [2.24, 2.45) is 5.92 Å². The van der Waals surface area contributed by atoms with E-state index in [-0.39, 0.29) is 30.3 Å². The fraction of sp³-hybridized carbons (Fsp3) is 0.467. The van der Waals surface area contributed by atoms with Crippen molar-refractivity contribution >= 4 is 17.6 Å². The zero-order chi connectivity index (χ0) is 18.1. The van der Waals surface area contributed by atoms with E-state index in [4.69, 9.17) is 14.6 Å². The topological polar surface area (TPSA) is 128 Å². The van der Waals surface area contributed by atoms with Crippen molar-refractivity contribution in [2.75, 3.05) is 20.3 Å². The van der Waals surface area contributed by atoms with Crippen molar-refractivity contribution in [2.45, 2.75) is 19.8 Å². The molecule has 0 bridgehead atoms. The molecule has 1 unspecified atom stereocenters. The lowest BCUT2D eigenvalue weighted by Crippen LogP contribution is -2.35. The van der Waals surface area contributed by atoms with Gasteiger partial charge in [0.1, 0.15) is 5.75 Å². The summed E-state index contributed by atoms with van der Waals surface area (Å²) < 4.78 is 10.1. The monoisotopic (exact) mass is 340 g/mol. The SMILES string of the molecule is CCCC(CNC(=O)COc1ccc([N+](=O)[O-])c(OC)c1)C(=O)O. The van der Waals surface area contributed by atoms with Crippen LogP contribution in [0.4, 0.5) is 5.69 Å². The maximum absolute atomic E-state index is 11.7. The molecule has 9 nitrogen and oxygen atoms in total. The molecule has 0 saturated heterocycles. The Bertz CT molecular complexity index is 603. The van der Waals surface area contributed by atoms with Crippen LogP contribution in [0.1, 0.15) is 19.8 Å². The number of aliphatic carboxylic acids is 1. The van der Waals surface area contributed by atoms with Gasteiger partial charge in [0.15, 0.2) is 6.61 Å². The van der Waals surface area contributed by atoms with Gasteiger partial charge in [-0.2, -0.15) is 0 Å². The first kappa shape index (κ1) is 19.2. The zero-order valence-electron chi connectivity index (χ0n) is 13.5. The number of carboxylic acid groups (broad SMARTS) is 1. The van der Waals surface area contributed by atoms with Gasteiger partial charge in [-0.15, -0.1) is 0 Å². The second-order valence-electron chi connectivity index (χ2n) is 5.01. The van der Waals surface area contributed by atoms with Crippen LogP contribution in [0.3, 0.4) is 0 Å². The number of carbonyl (C=O) groups is 2. The van der Waals surface area contributed by atoms with E-state index >= 15 is 0 Å². The highest BCUT2D eigenvalue weighted by Gasteiger charge is 2.18. The molecule has 1 rings (SSSR count).